The van der Waals surface area contributed by atoms with Gasteiger partial charge >= 0.3 is 15.8 Å². The maximum Gasteiger partial charge on any atom is 0.305 e. The number of hydrogen-bond acceptors (Lipinski definition) is 11. The number of rotatable bonds is 12. The highest BCUT2D eigenvalue weighted by Gasteiger charge is 2.36. The van der Waals surface area contributed by atoms with Crippen molar-refractivity contribution in [3.8, 4) is 34.1 Å². The van der Waals surface area contributed by atoms with Gasteiger partial charge in [0.25, 0.3) is 5.69 Å². The lowest BCUT2D eigenvalue weighted by atomic mass is 9.98. The smallest absolute Gasteiger partial charge is 0.305 e. The fourth-order valence-corrected chi connectivity index (χ4v) is 5.52. The van der Waals surface area contributed by atoms with Crippen molar-refractivity contribution in [2.24, 2.45) is 0 Å². The molecule has 0 aliphatic heterocycles. The highest BCUT2D eigenvalue weighted by Crippen LogP contribution is 2.46. The predicted molar refractivity (Wildman–Crippen MR) is 149 cm³/mol. The molecule has 0 aliphatic carbocycles. The molecule has 0 fully saturated rings. The fourth-order valence-electron chi connectivity index (χ4n) is 3.96. The van der Waals surface area contributed by atoms with Crippen molar-refractivity contribution in [1.82, 2.24) is 0 Å². The lowest BCUT2D eigenvalue weighted by Gasteiger charge is -2.13. The van der Waals surface area contributed by atoms with E-state index in [1.165, 1.54) is 58.1 Å². The van der Waals surface area contributed by atoms with Crippen LogP contribution < -0.4 is 18.9 Å². The quantitative estimate of drug-likeness (QED) is 0.173. The highest BCUT2D eigenvalue weighted by molar-refractivity contribution is 7.87. The number of hydrogen-bond donors (Lipinski definition) is 1. The Morgan fingerprint density at radius 2 is 1.49 bits per heavy atom. The average Bonchev–Trinajstić information content (AvgIpc) is 2.93. The Morgan fingerprint density at radius 1 is 0.878 bits per heavy atom. The van der Waals surface area contributed by atoms with Crippen LogP contribution >= 0.6 is 0 Å². The van der Waals surface area contributed by atoms with Crippen molar-refractivity contribution in [3.05, 3.63) is 79.2 Å². The van der Waals surface area contributed by atoms with Crippen molar-refractivity contribution < 1.29 is 46.0 Å². The van der Waals surface area contributed by atoms with Gasteiger partial charge in [-0.1, -0.05) is 6.07 Å². The van der Waals surface area contributed by atoms with Gasteiger partial charge in [-0.15, -0.1) is 0 Å². The van der Waals surface area contributed by atoms with Crippen molar-refractivity contribution in [1.29, 1.82) is 0 Å². The third kappa shape index (κ3) is 6.79. The lowest BCUT2D eigenvalue weighted by molar-refractivity contribution is -0.394. The fraction of sp³-hybridized carbons (Fsp3) is 0.200. The van der Waals surface area contributed by atoms with Gasteiger partial charge in [0.2, 0.25) is 0 Å². The zero-order chi connectivity index (χ0) is 30.5. The maximum atomic E-state index is 13.0. The molecule has 3 aromatic rings. The second-order valence-corrected chi connectivity index (χ2v) is 10.8. The minimum Gasteiger partial charge on any atom is -0.496 e. The van der Waals surface area contributed by atoms with Crippen LogP contribution in [0.5, 0.6) is 23.0 Å². The summed E-state index contributed by atoms with van der Waals surface area (Å²) < 4.78 is 67.5. The molecule has 0 bridgehead atoms. The minimum absolute atomic E-state index is 0.0681. The van der Waals surface area contributed by atoms with E-state index < -0.39 is 52.6 Å². The molecule has 0 aliphatic rings. The Morgan fingerprint density at radius 3 is 1.98 bits per heavy atom. The molecular weight excluding hydrogens is 584 g/mol. The first-order valence-corrected chi connectivity index (χ1v) is 14.1. The topological polar surface area (TPSA) is 195 Å². The molecule has 1 atom stereocenters. The summed E-state index contributed by atoms with van der Waals surface area (Å²) in [5, 5.41) is 25.1. The van der Waals surface area contributed by atoms with Crippen LogP contribution in [0.25, 0.3) is 17.2 Å². The van der Waals surface area contributed by atoms with E-state index in [1.807, 2.05) is 0 Å². The molecule has 1 N–H and O–H groups in total. The Labute approximate surface area is 236 Å². The Balaban J connectivity index is 2.12. The molecule has 1 unspecified atom stereocenters. The van der Waals surface area contributed by atoms with Gasteiger partial charge in [0.15, 0.2) is 4.90 Å². The van der Waals surface area contributed by atoms with Crippen LogP contribution in [0.15, 0.2) is 52.8 Å². The summed E-state index contributed by atoms with van der Waals surface area (Å²) in [6.07, 6.45) is 1.52. The van der Waals surface area contributed by atoms with Crippen LogP contribution in [0.1, 0.15) is 11.1 Å². The zero-order valence-electron chi connectivity index (χ0n) is 22.1. The highest BCUT2D eigenvalue weighted by atomic mass is 32.2. The number of benzene rings is 3. The molecule has 0 radical (unpaired) electrons. The van der Waals surface area contributed by atoms with Crippen LogP contribution in [0.3, 0.4) is 0 Å². The molecule has 0 heterocycles. The second kappa shape index (κ2) is 12.8. The van der Waals surface area contributed by atoms with Crippen LogP contribution in [0, 0.1) is 20.2 Å². The van der Waals surface area contributed by atoms with Crippen LogP contribution in [0.2, 0.25) is 0 Å². The van der Waals surface area contributed by atoms with Gasteiger partial charge in [-0.05, 0) is 29.8 Å². The SMILES string of the molecule is COc1cc(OC)c(/C=C/S(=O)Cc2ccc(OC)c(-c3c([N+](=O)[O-])ccc(S(=O)(=O)O)c3[N+](=O)[O-])c2)c(OC)c1. The van der Waals surface area contributed by atoms with Gasteiger partial charge < -0.3 is 18.9 Å². The summed E-state index contributed by atoms with van der Waals surface area (Å²) in [5.74, 6) is 1.04. The number of nitro benzene ring substituents is 2. The lowest BCUT2D eigenvalue weighted by Crippen LogP contribution is -2.07. The van der Waals surface area contributed by atoms with Crippen molar-refractivity contribution in [2.45, 2.75) is 10.6 Å². The third-order valence-electron chi connectivity index (χ3n) is 5.76. The molecule has 41 heavy (non-hydrogen) atoms. The molecule has 3 rings (SSSR count). The first-order chi connectivity index (χ1) is 19.4. The summed E-state index contributed by atoms with van der Waals surface area (Å²) in [7, 11) is -1.26. The van der Waals surface area contributed by atoms with Gasteiger partial charge in [-0.25, -0.2) is 0 Å². The molecule has 0 saturated heterocycles. The normalized spacial score (nSPS) is 12.1. The summed E-state index contributed by atoms with van der Waals surface area (Å²) >= 11 is 0. The van der Waals surface area contributed by atoms with Crippen LogP contribution in [0.4, 0.5) is 11.4 Å². The Hall–Kier alpha value is -4.54. The van der Waals surface area contributed by atoms with E-state index in [1.54, 1.807) is 12.1 Å². The van der Waals surface area contributed by atoms with Crippen LogP contribution in [-0.4, -0.2) is 55.5 Å². The summed E-state index contributed by atoms with van der Waals surface area (Å²) in [5.41, 5.74) is -2.14. The molecule has 0 saturated carbocycles. The molecule has 0 spiro atoms. The van der Waals surface area contributed by atoms with E-state index in [4.69, 9.17) is 18.9 Å². The average molecular weight is 609 g/mol. The monoisotopic (exact) mass is 608 g/mol. The van der Waals surface area contributed by atoms with Crippen LogP contribution in [-0.2, 0) is 26.7 Å². The van der Waals surface area contributed by atoms with E-state index in [0.29, 0.717) is 34.4 Å². The number of nitrogens with zero attached hydrogens (tertiary/aromatic N) is 2. The third-order valence-corrected chi connectivity index (χ3v) is 7.70. The molecular formula is C25H24N2O12S2. The first kappa shape index (κ1) is 31.0. The largest absolute Gasteiger partial charge is 0.496 e. The molecule has 14 nitrogen and oxygen atoms in total. The zero-order valence-corrected chi connectivity index (χ0v) is 23.7. The number of nitro groups is 2. The molecule has 16 heteroatoms. The molecule has 3 aromatic carbocycles. The van der Waals surface area contributed by atoms with Gasteiger partial charge in [0, 0.05) is 29.2 Å². The van der Waals surface area contributed by atoms with E-state index in [9.17, 15) is 37.4 Å². The van der Waals surface area contributed by atoms with E-state index in [-0.39, 0.29) is 17.1 Å². The summed E-state index contributed by atoms with van der Waals surface area (Å²) in [6, 6.07) is 8.63. The van der Waals surface area contributed by atoms with Gasteiger partial charge in [-0.2, -0.15) is 8.42 Å². The van der Waals surface area contributed by atoms with Gasteiger partial charge in [0.05, 0.1) is 60.4 Å². The second-order valence-electron chi connectivity index (χ2n) is 8.10. The number of ether oxygens (including phenoxy) is 4. The molecule has 218 valence electrons. The first-order valence-electron chi connectivity index (χ1n) is 11.3. The van der Waals surface area contributed by atoms with E-state index in [2.05, 4.69) is 0 Å². The molecule has 0 amide bonds. The Kier molecular flexibility index (Phi) is 9.64. The standard InChI is InChI=1S/C25H24N2O12S2/c1-36-16-12-21(38-3)17(22(13-16)39-4)9-10-40(32)14-15-5-7-20(37-2)18(11-15)24-19(26(28)29)6-8-23(41(33,34)35)25(24)27(30)31/h5-13H,14H2,1-4H3,(H,33,34,35)/b10-9+. The van der Waals surface area contributed by atoms with Gasteiger partial charge in [-0.3, -0.25) is 29.0 Å². The predicted octanol–water partition coefficient (Wildman–Crippen LogP) is 4.37. The Bertz CT molecular complexity index is 1640. The van der Waals surface area contributed by atoms with E-state index in [0.717, 1.165) is 6.07 Å². The van der Waals surface area contributed by atoms with Crippen molar-refractivity contribution in [3.63, 3.8) is 0 Å². The summed E-state index contributed by atoms with van der Waals surface area (Å²) in [4.78, 5) is 20.5. The summed E-state index contributed by atoms with van der Waals surface area (Å²) in [6.45, 7) is 0. The number of methoxy groups -OCH3 is 4. The van der Waals surface area contributed by atoms with Crippen molar-refractivity contribution >= 4 is 38.4 Å². The van der Waals surface area contributed by atoms with Crippen molar-refractivity contribution in [2.75, 3.05) is 28.4 Å². The minimum atomic E-state index is -5.14. The van der Waals surface area contributed by atoms with Gasteiger partial charge in [0.1, 0.15) is 28.6 Å². The van der Waals surface area contributed by atoms with E-state index >= 15 is 0 Å². The molecule has 0 aromatic heterocycles. The maximum absolute atomic E-state index is 13.0.